The van der Waals surface area contributed by atoms with Gasteiger partial charge in [0.15, 0.2) is 0 Å². The van der Waals surface area contributed by atoms with Gasteiger partial charge in [-0.25, -0.2) is 0 Å². The van der Waals surface area contributed by atoms with E-state index in [-0.39, 0.29) is 17.9 Å². The fraction of sp³-hybridized carbons (Fsp3) is 0.611. The van der Waals surface area contributed by atoms with Crippen molar-refractivity contribution in [3.05, 3.63) is 30.1 Å². The summed E-state index contributed by atoms with van der Waals surface area (Å²) in [5.74, 6) is 0.511. The van der Waals surface area contributed by atoms with Gasteiger partial charge in [0.2, 0.25) is 11.8 Å². The molecule has 0 radical (unpaired) electrons. The van der Waals surface area contributed by atoms with Crippen LogP contribution < -0.4 is 10.6 Å². The zero-order valence-corrected chi connectivity index (χ0v) is 15.6. The van der Waals surface area contributed by atoms with Crippen LogP contribution in [0, 0.1) is 0 Å². The van der Waals surface area contributed by atoms with E-state index in [1.54, 1.807) is 11.8 Å². The van der Waals surface area contributed by atoms with Gasteiger partial charge in [-0.05, 0) is 38.8 Å². The zero-order valence-electron chi connectivity index (χ0n) is 14.8. The Morgan fingerprint density at radius 1 is 1.40 bits per heavy atom. The quantitative estimate of drug-likeness (QED) is 0.841. The average molecular weight is 362 g/mol. The van der Waals surface area contributed by atoms with Crippen molar-refractivity contribution in [2.45, 2.75) is 50.1 Å². The molecule has 6 nitrogen and oxygen atoms in total. The molecule has 3 rings (SSSR count). The van der Waals surface area contributed by atoms with Crippen molar-refractivity contribution in [1.82, 2.24) is 20.5 Å². The molecule has 2 saturated heterocycles. The van der Waals surface area contributed by atoms with Crippen molar-refractivity contribution in [3.8, 4) is 0 Å². The Hall–Kier alpha value is -1.60. The van der Waals surface area contributed by atoms with E-state index in [0.29, 0.717) is 5.75 Å². The molecule has 1 atom stereocenters. The lowest BCUT2D eigenvalue weighted by atomic mass is 10.0. The summed E-state index contributed by atoms with van der Waals surface area (Å²) in [5.41, 5.74) is 1.08. The van der Waals surface area contributed by atoms with Crippen LogP contribution in [0.3, 0.4) is 0 Å². The molecule has 7 heteroatoms. The second kappa shape index (κ2) is 7.74. The Balaban J connectivity index is 1.43. The third-order valence-corrected chi connectivity index (χ3v) is 6.23. The molecule has 2 amide bonds. The number of nitrogens with one attached hydrogen (secondary N) is 2. The molecule has 1 aromatic heterocycles. The van der Waals surface area contributed by atoms with E-state index >= 15 is 0 Å². The second-order valence-corrected chi connectivity index (χ2v) is 8.87. The minimum absolute atomic E-state index is 0.0560. The van der Waals surface area contributed by atoms with E-state index in [0.717, 1.165) is 38.2 Å². The third kappa shape index (κ3) is 4.73. The summed E-state index contributed by atoms with van der Waals surface area (Å²) in [6.45, 7) is 6.52. The van der Waals surface area contributed by atoms with Gasteiger partial charge in [0, 0.05) is 37.6 Å². The predicted octanol–water partition coefficient (Wildman–Crippen LogP) is 1.17. The number of thioether (sulfide) groups is 1. The summed E-state index contributed by atoms with van der Waals surface area (Å²) >= 11 is 1.54. The molecule has 136 valence electrons. The molecule has 1 unspecified atom stereocenters. The minimum Gasteiger partial charge on any atom is -0.351 e. The SMILES string of the molecule is CC1(C)SCC(C(=O)NC2CCN(Cc3ccccn3)CC2)NC1=O. The number of nitrogens with zero attached hydrogens (tertiary/aromatic N) is 2. The van der Waals surface area contributed by atoms with Crippen LogP contribution in [0.25, 0.3) is 0 Å². The average Bonchev–Trinajstić information content (AvgIpc) is 2.60. The maximum atomic E-state index is 12.4. The molecule has 0 spiro atoms. The highest BCUT2D eigenvalue weighted by molar-refractivity contribution is 8.01. The Kier molecular flexibility index (Phi) is 5.64. The summed E-state index contributed by atoms with van der Waals surface area (Å²) in [6.07, 6.45) is 3.68. The van der Waals surface area contributed by atoms with Crippen molar-refractivity contribution in [2.75, 3.05) is 18.8 Å². The van der Waals surface area contributed by atoms with Crippen LogP contribution in [0.2, 0.25) is 0 Å². The molecule has 2 fully saturated rings. The standard InChI is InChI=1S/C18H26N4O2S/c1-18(2)17(24)21-15(12-25-18)16(23)20-13-6-9-22(10-7-13)11-14-5-3-4-8-19-14/h3-5,8,13,15H,6-7,9-12H2,1-2H3,(H,20,23)(H,21,24). The summed E-state index contributed by atoms with van der Waals surface area (Å²) in [7, 11) is 0. The van der Waals surface area contributed by atoms with Gasteiger partial charge in [-0.1, -0.05) is 6.07 Å². The van der Waals surface area contributed by atoms with Crippen molar-refractivity contribution in [2.24, 2.45) is 0 Å². The molecule has 0 aliphatic carbocycles. The smallest absolute Gasteiger partial charge is 0.243 e. The van der Waals surface area contributed by atoms with E-state index in [1.807, 2.05) is 38.2 Å². The lowest BCUT2D eigenvalue weighted by Crippen LogP contribution is -2.58. The van der Waals surface area contributed by atoms with E-state index in [2.05, 4.69) is 20.5 Å². The highest BCUT2D eigenvalue weighted by Gasteiger charge is 2.38. The number of pyridine rings is 1. The van der Waals surface area contributed by atoms with Gasteiger partial charge in [0.1, 0.15) is 6.04 Å². The maximum Gasteiger partial charge on any atom is 0.243 e. The molecule has 1 aromatic rings. The van der Waals surface area contributed by atoms with Gasteiger partial charge >= 0.3 is 0 Å². The van der Waals surface area contributed by atoms with Crippen LogP contribution in [0.1, 0.15) is 32.4 Å². The van der Waals surface area contributed by atoms with Crippen LogP contribution in [-0.2, 0) is 16.1 Å². The van der Waals surface area contributed by atoms with Gasteiger partial charge in [0.25, 0.3) is 0 Å². The highest BCUT2D eigenvalue weighted by atomic mass is 32.2. The highest BCUT2D eigenvalue weighted by Crippen LogP contribution is 2.29. The summed E-state index contributed by atoms with van der Waals surface area (Å²) < 4.78 is -0.451. The van der Waals surface area contributed by atoms with E-state index < -0.39 is 10.8 Å². The first-order chi connectivity index (χ1) is 11.9. The van der Waals surface area contributed by atoms with Crippen LogP contribution in [0.15, 0.2) is 24.4 Å². The molecular formula is C18H26N4O2S. The van der Waals surface area contributed by atoms with Gasteiger partial charge in [0.05, 0.1) is 10.4 Å². The van der Waals surface area contributed by atoms with E-state index in [1.165, 1.54) is 0 Å². The second-order valence-electron chi connectivity index (χ2n) is 7.23. The molecule has 3 heterocycles. The fourth-order valence-electron chi connectivity index (χ4n) is 3.13. The van der Waals surface area contributed by atoms with E-state index in [4.69, 9.17) is 0 Å². The number of piperidine rings is 1. The first-order valence-corrected chi connectivity index (χ1v) is 9.80. The monoisotopic (exact) mass is 362 g/mol. The molecule has 2 N–H and O–H groups in total. The van der Waals surface area contributed by atoms with Gasteiger partial charge in [-0.2, -0.15) is 0 Å². The summed E-state index contributed by atoms with van der Waals surface area (Å²) in [4.78, 5) is 31.2. The number of hydrogen-bond donors (Lipinski definition) is 2. The number of hydrogen-bond acceptors (Lipinski definition) is 5. The lowest BCUT2D eigenvalue weighted by Gasteiger charge is -2.35. The van der Waals surface area contributed by atoms with Crippen LogP contribution in [-0.4, -0.2) is 57.4 Å². The number of likely N-dealkylation sites (tertiary alicyclic amines) is 1. The number of aromatic nitrogens is 1. The maximum absolute atomic E-state index is 12.4. The molecule has 2 aliphatic heterocycles. The topological polar surface area (TPSA) is 74.3 Å². The largest absolute Gasteiger partial charge is 0.351 e. The third-order valence-electron chi connectivity index (χ3n) is 4.83. The Morgan fingerprint density at radius 2 is 2.16 bits per heavy atom. The van der Waals surface area contributed by atoms with Crippen molar-refractivity contribution >= 4 is 23.6 Å². The number of rotatable bonds is 4. The normalized spacial score (nSPS) is 24.6. The lowest BCUT2D eigenvalue weighted by molar-refractivity contribution is -0.130. The van der Waals surface area contributed by atoms with E-state index in [9.17, 15) is 9.59 Å². The molecule has 0 bridgehead atoms. The summed E-state index contributed by atoms with van der Waals surface area (Å²) in [6, 6.07) is 5.74. The van der Waals surface area contributed by atoms with Crippen LogP contribution >= 0.6 is 11.8 Å². The number of carbonyl (C=O) groups is 2. The molecular weight excluding hydrogens is 336 g/mol. The van der Waals surface area contributed by atoms with Gasteiger partial charge in [-0.15, -0.1) is 11.8 Å². The first-order valence-electron chi connectivity index (χ1n) is 8.81. The molecule has 25 heavy (non-hydrogen) atoms. The first kappa shape index (κ1) is 18.2. The van der Waals surface area contributed by atoms with Crippen molar-refractivity contribution in [1.29, 1.82) is 0 Å². The van der Waals surface area contributed by atoms with Crippen molar-refractivity contribution < 1.29 is 9.59 Å². The molecule has 0 saturated carbocycles. The Morgan fingerprint density at radius 3 is 2.80 bits per heavy atom. The van der Waals surface area contributed by atoms with Gasteiger partial charge < -0.3 is 10.6 Å². The number of carbonyl (C=O) groups excluding carboxylic acids is 2. The zero-order chi connectivity index (χ0) is 17.9. The Labute approximate surface area is 153 Å². The molecule has 0 aromatic carbocycles. The minimum atomic E-state index is -0.451. The summed E-state index contributed by atoms with van der Waals surface area (Å²) in [5, 5.41) is 5.96. The predicted molar refractivity (Wildman–Crippen MR) is 99.1 cm³/mol. The molecule has 2 aliphatic rings. The Bertz CT molecular complexity index is 615. The fourth-order valence-corrected chi connectivity index (χ4v) is 4.14. The van der Waals surface area contributed by atoms with Crippen LogP contribution in [0.5, 0.6) is 0 Å². The van der Waals surface area contributed by atoms with Crippen molar-refractivity contribution in [3.63, 3.8) is 0 Å². The van der Waals surface area contributed by atoms with Crippen LogP contribution in [0.4, 0.5) is 0 Å². The number of amides is 2. The van der Waals surface area contributed by atoms with Gasteiger partial charge in [-0.3, -0.25) is 19.5 Å².